The second-order valence-corrected chi connectivity index (χ2v) is 3.79. The standard InChI is InChI=1S/C11H20/c1-3-11-8-4-6-10(2)7-5-9-11/h8,10H,3-7,9H2,1-2H3. The predicted molar refractivity (Wildman–Crippen MR) is 50.6 cm³/mol. The van der Waals surface area contributed by atoms with Crippen LogP contribution in [0.4, 0.5) is 0 Å². The maximum atomic E-state index is 2.47. The van der Waals surface area contributed by atoms with Crippen LogP contribution in [0.3, 0.4) is 0 Å². The molecular weight excluding hydrogens is 132 g/mol. The minimum atomic E-state index is 0.963. The number of hydrogen-bond donors (Lipinski definition) is 0. The van der Waals surface area contributed by atoms with Crippen molar-refractivity contribution in [3.63, 3.8) is 0 Å². The normalized spacial score (nSPS) is 27.1. The van der Waals surface area contributed by atoms with E-state index >= 15 is 0 Å². The maximum absolute atomic E-state index is 2.47. The molecule has 0 fully saturated rings. The van der Waals surface area contributed by atoms with Gasteiger partial charge in [-0.15, -0.1) is 0 Å². The third-order valence-electron chi connectivity index (χ3n) is 2.74. The molecule has 1 aliphatic carbocycles. The fourth-order valence-electron chi connectivity index (χ4n) is 1.82. The average Bonchev–Trinajstić information content (AvgIpc) is 1.96. The summed E-state index contributed by atoms with van der Waals surface area (Å²) in [5, 5.41) is 0. The molecule has 0 saturated heterocycles. The minimum absolute atomic E-state index is 0.963. The van der Waals surface area contributed by atoms with Gasteiger partial charge < -0.3 is 0 Å². The highest BCUT2D eigenvalue weighted by atomic mass is 14.1. The minimum Gasteiger partial charge on any atom is -0.0853 e. The molecule has 64 valence electrons. The highest BCUT2D eigenvalue weighted by molar-refractivity contribution is 5.01. The van der Waals surface area contributed by atoms with Crippen LogP contribution in [0.15, 0.2) is 11.6 Å². The lowest BCUT2D eigenvalue weighted by atomic mass is 9.92. The second-order valence-electron chi connectivity index (χ2n) is 3.79. The van der Waals surface area contributed by atoms with Crippen LogP contribution in [0.2, 0.25) is 0 Å². The smallest absolute Gasteiger partial charge is 0.0320 e. The van der Waals surface area contributed by atoms with E-state index in [1.807, 2.05) is 0 Å². The Balaban J connectivity index is 2.40. The SMILES string of the molecule is CCC1=CCCC(C)CCC1. The average molecular weight is 152 g/mol. The number of rotatable bonds is 1. The van der Waals surface area contributed by atoms with Gasteiger partial charge in [-0.2, -0.15) is 0 Å². The van der Waals surface area contributed by atoms with E-state index < -0.39 is 0 Å². The molecule has 0 amide bonds. The Hall–Kier alpha value is -0.260. The number of allylic oxidation sites excluding steroid dienone is 2. The van der Waals surface area contributed by atoms with E-state index in [1.165, 1.54) is 38.5 Å². The first-order valence-corrected chi connectivity index (χ1v) is 5.00. The summed E-state index contributed by atoms with van der Waals surface area (Å²) < 4.78 is 0. The fraction of sp³-hybridized carbons (Fsp3) is 0.818. The van der Waals surface area contributed by atoms with Gasteiger partial charge >= 0.3 is 0 Å². The van der Waals surface area contributed by atoms with Crippen molar-refractivity contribution in [2.24, 2.45) is 5.92 Å². The second kappa shape index (κ2) is 4.58. The third-order valence-corrected chi connectivity index (χ3v) is 2.74. The van der Waals surface area contributed by atoms with Crippen molar-refractivity contribution < 1.29 is 0 Å². The highest BCUT2D eigenvalue weighted by Crippen LogP contribution is 2.22. The fourth-order valence-corrected chi connectivity index (χ4v) is 1.82. The van der Waals surface area contributed by atoms with Crippen molar-refractivity contribution in [3.05, 3.63) is 11.6 Å². The Kier molecular flexibility index (Phi) is 3.68. The Morgan fingerprint density at radius 3 is 3.00 bits per heavy atom. The summed E-state index contributed by atoms with van der Waals surface area (Å²) in [5.74, 6) is 0.963. The van der Waals surface area contributed by atoms with Gasteiger partial charge in [0.25, 0.3) is 0 Å². The molecule has 1 unspecified atom stereocenters. The van der Waals surface area contributed by atoms with Crippen LogP contribution in [0, 0.1) is 5.92 Å². The predicted octanol–water partition coefficient (Wildman–Crippen LogP) is 3.92. The Labute approximate surface area is 70.7 Å². The van der Waals surface area contributed by atoms with E-state index in [0.717, 1.165) is 5.92 Å². The first-order valence-electron chi connectivity index (χ1n) is 5.00. The zero-order chi connectivity index (χ0) is 8.10. The van der Waals surface area contributed by atoms with Crippen molar-refractivity contribution in [2.75, 3.05) is 0 Å². The van der Waals surface area contributed by atoms with E-state index in [-0.39, 0.29) is 0 Å². The van der Waals surface area contributed by atoms with E-state index in [4.69, 9.17) is 0 Å². The van der Waals surface area contributed by atoms with Crippen LogP contribution in [0.1, 0.15) is 52.4 Å². The van der Waals surface area contributed by atoms with Gasteiger partial charge in [0.1, 0.15) is 0 Å². The molecule has 0 aromatic heterocycles. The molecule has 11 heavy (non-hydrogen) atoms. The van der Waals surface area contributed by atoms with Crippen molar-refractivity contribution >= 4 is 0 Å². The van der Waals surface area contributed by atoms with Gasteiger partial charge in [-0.3, -0.25) is 0 Å². The molecule has 0 heterocycles. The first kappa shape index (κ1) is 8.83. The van der Waals surface area contributed by atoms with Crippen LogP contribution in [-0.2, 0) is 0 Å². The summed E-state index contributed by atoms with van der Waals surface area (Å²) in [7, 11) is 0. The lowest BCUT2D eigenvalue weighted by molar-refractivity contribution is 0.466. The summed E-state index contributed by atoms with van der Waals surface area (Å²) in [5.41, 5.74) is 1.69. The zero-order valence-electron chi connectivity index (χ0n) is 7.90. The van der Waals surface area contributed by atoms with Crippen LogP contribution < -0.4 is 0 Å². The quantitative estimate of drug-likeness (QED) is 0.499. The molecule has 0 saturated carbocycles. The molecule has 0 N–H and O–H groups in total. The molecular formula is C11H20. The highest BCUT2D eigenvalue weighted by Gasteiger charge is 2.05. The van der Waals surface area contributed by atoms with Gasteiger partial charge in [0, 0.05) is 0 Å². The maximum Gasteiger partial charge on any atom is -0.0320 e. The largest absolute Gasteiger partial charge is 0.0853 e. The molecule has 0 radical (unpaired) electrons. The van der Waals surface area contributed by atoms with Gasteiger partial charge in [-0.1, -0.05) is 31.9 Å². The Bertz CT molecular complexity index is 133. The monoisotopic (exact) mass is 152 g/mol. The number of hydrogen-bond acceptors (Lipinski definition) is 0. The van der Waals surface area contributed by atoms with Gasteiger partial charge in [0.2, 0.25) is 0 Å². The van der Waals surface area contributed by atoms with Gasteiger partial charge in [-0.05, 0) is 38.0 Å². The van der Waals surface area contributed by atoms with Gasteiger partial charge in [0.15, 0.2) is 0 Å². The van der Waals surface area contributed by atoms with Crippen LogP contribution in [0.5, 0.6) is 0 Å². The first-order chi connectivity index (χ1) is 5.33. The summed E-state index contributed by atoms with van der Waals surface area (Å²) >= 11 is 0. The van der Waals surface area contributed by atoms with Gasteiger partial charge in [0.05, 0.1) is 0 Å². The summed E-state index contributed by atoms with van der Waals surface area (Å²) in [4.78, 5) is 0. The molecule has 0 aliphatic heterocycles. The zero-order valence-corrected chi connectivity index (χ0v) is 7.90. The Morgan fingerprint density at radius 1 is 1.45 bits per heavy atom. The molecule has 0 nitrogen and oxygen atoms in total. The van der Waals surface area contributed by atoms with Crippen molar-refractivity contribution in [1.82, 2.24) is 0 Å². The van der Waals surface area contributed by atoms with E-state index in [0.29, 0.717) is 0 Å². The molecule has 0 spiro atoms. The van der Waals surface area contributed by atoms with Crippen LogP contribution in [0.25, 0.3) is 0 Å². The summed E-state index contributed by atoms with van der Waals surface area (Å²) in [6, 6.07) is 0. The lowest BCUT2D eigenvalue weighted by Gasteiger charge is -2.14. The summed E-state index contributed by atoms with van der Waals surface area (Å²) in [6.45, 7) is 4.65. The molecule has 0 bridgehead atoms. The lowest BCUT2D eigenvalue weighted by Crippen LogP contribution is -1.98. The topological polar surface area (TPSA) is 0 Å². The summed E-state index contributed by atoms with van der Waals surface area (Å²) in [6.07, 6.45) is 10.7. The van der Waals surface area contributed by atoms with E-state index in [1.54, 1.807) is 5.57 Å². The molecule has 1 atom stereocenters. The molecule has 0 heteroatoms. The van der Waals surface area contributed by atoms with E-state index in [9.17, 15) is 0 Å². The van der Waals surface area contributed by atoms with Crippen LogP contribution in [-0.4, -0.2) is 0 Å². The van der Waals surface area contributed by atoms with Crippen molar-refractivity contribution in [2.45, 2.75) is 52.4 Å². The van der Waals surface area contributed by atoms with Gasteiger partial charge in [-0.25, -0.2) is 0 Å². The van der Waals surface area contributed by atoms with Crippen molar-refractivity contribution in [3.8, 4) is 0 Å². The molecule has 1 aliphatic rings. The van der Waals surface area contributed by atoms with E-state index in [2.05, 4.69) is 19.9 Å². The third kappa shape index (κ3) is 3.09. The molecule has 1 rings (SSSR count). The Morgan fingerprint density at radius 2 is 2.27 bits per heavy atom. The molecule has 0 aromatic rings. The molecule has 0 aromatic carbocycles. The van der Waals surface area contributed by atoms with Crippen LogP contribution >= 0.6 is 0 Å². The van der Waals surface area contributed by atoms with Crippen molar-refractivity contribution in [1.29, 1.82) is 0 Å².